The normalized spacial score (nSPS) is 17.1. The van der Waals surface area contributed by atoms with Crippen LogP contribution >= 0.6 is 7.82 Å². The molecular formula is C44H77O10P. The summed E-state index contributed by atoms with van der Waals surface area (Å²) >= 11 is 0. The van der Waals surface area contributed by atoms with E-state index in [-0.39, 0.29) is 37.1 Å². The second-order valence-electron chi connectivity index (χ2n) is 15.3. The van der Waals surface area contributed by atoms with E-state index in [0.717, 1.165) is 38.5 Å². The average Bonchev–Trinajstić information content (AvgIpc) is 3.50. The van der Waals surface area contributed by atoms with Gasteiger partial charge in [-0.3, -0.25) is 18.9 Å². The van der Waals surface area contributed by atoms with Crippen molar-refractivity contribution in [2.75, 3.05) is 13.2 Å². The number of carbonyl (C=O) groups excluding carboxylic acids is 3. The zero-order valence-corrected chi connectivity index (χ0v) is 35.3. The van der Waals surface area contributed by atoms with Crippen molar-refractivity contribution in [1.82, 2.24) is 0 Å². The van der Waals surface area contributed by atoms with Crippen LogP contribution in [0.5, 0.6) is 0 Å². The van der Waals surface area contributed by atoms with E-state index in [2.05, 4.69) is 18.4 Å². The van der Waals surface area contributed by atoms with Gasteiger partial charge in [-0.15, -0.1) is 0 Å². The lowest BCUT2D eigenvalue weighted by molar-refractivity contribution is -0.161. The molecule has 0 fully saturated rings. The summed E-state index contributed by atoms with van der Waals surface area (Å²) < 4.78 is 26.4. The maximum absolute atomic E-state index is 12.5. The van der Waals surface area contributed by atoms with E-state index >= 15 is 0 Å². The molecule has 1 aliphatic carbocycles. The van der Waals surface area contributed by atoms with Gasteiger partial charge in [-0.1, -0.05) is 173 Å². The van der Waals surface area contributed by atoms with Gasteiger partial charge in [-0.2, -0.15) is 0 Å². The third-order valence-electron chi connectivity index (χ3n) is 10.2. The lowest BCUT2D eigenvalue weighted by Crippen LogP contribution is -2.29. The van der Waals surface area contributed by atoms with E-state index in [0.29, 0.717) is 32.1 Å². The molecule has 0 saturated carbocycles. The molecule has 318 valence electrons. The Bertz CT molecular complexity index is 1130. The molecule has 0 radical (unpaired) electrons. The van der Waals surface area contributed by atoms with Gasteiger partial charge >= 0.3 is 19.8 Å². The van der Waals surface area contributed by atoms with E-state index in [1.165, 1.54) is 89.9 Å². The average molecular weight is 797 g/mol. The highest BCUT2D eigenvalue weighted by Gasteiger charge is 2.27. The third kappa shape index (κ3) is 30.7. The molecule has 10 nitrogen and oxygen atoms in total. The van der Waals surface area contributed by atoms with Crippen molar-refractivity contribution in [2.24, 2.45) is 11.8 Å². The van der Waals surface area contributed by atoms with Gasteiger partial charge in [0.15, 0.2) is 11.9 Å². The molecule has 4 atom stereocenters. The number of carbonyl (C=O) groups is 3. The number of phosphoric acid groups is 1. The minimum absolute atomic E-state index is 0.0177. The van der Waals surface area contributed by atoms with Crippen LogP contribution in [0.25, 0.3) is 0 Å². The number of aliphatic hydroxyl groups excluding tert-OH is 1. The summed E-state index contributed by atoms with van der Waals surface area (Å²) in [7, 11) is -4.81. The van der Waals surface area contributed by atoms with E-state index in [4.69, 9.17) is 19.3 Å². The molecule has 0 spiro atoms. The standard InChI is InChI=1S/C44H77O10P/c1-3-5-7-8-9-10-11-12-13-14-15-16-17-18-19-20-21-26-30-43(47)52-36-40(37-53-55(49,50)51)54-44(48)31-27-23-22-25-28-38-32-35-42(46)41(38)34-33-39(45)29-24-6-4-2/h22,25,32-35,38-41,45H,3-21,23-24,26-31,36-37H2,1-2H3,(H2,49,50,51)/b25-22-,34-33+/t38-,39-,40+,41+/m0/s1. The van der Waals surface area contributed by atoms with Crippen LogP contribution in [0.15, 0.2) is 36.5 Å². The molecule has 11 heteroatoms. The van der Waals surface area contributed by atoms with Crippen molar-refractivity contribution >= 4 is 25.5 Å². The topological polar surface area (TPSA) is 157 Å². The Morgan fingerprint density at radius 1 is 0.727 bits per heavy atom. The summed E-state index contributed by atoms with van der Waals surface area (Å²) in [5.74, 6) is -1.26. The molecule has 0 aliphatic heterocycles. The summed E-state index contributed by atoms with van der Waals surface area (Å²) in [6.07, 6.45) is 37.8. The van der Waals surface area contributed by atoms with Crippen molar-refractivity contribution in [2.45, 2.75) is 199 Å². The molecule has 1 aliphatic rings. The van der Waals surface area contributed by atoms with Gasteiger partial charge in [-0.05, 0) is 44.1 Å². The smallest absolute Gasteiger partial charge is 0.462 e. The van der Waals surface area contributed by atoms with Gasteiger partial charge in [0, 0.05) is 18.8 Å². The minimum atomic E-state index is -4.81. The number of hydrogen-bond acceptors (Lipinski definition) is 8. The lowest BCUT2D eigenvalue weighted by atomic mass is 9.90. The van der Waals surface area contributed by atoms with Crippen LogP contribution in [0.3, 0.4) is 0 Å². The number of rotatable bonds is 37. The number of unbranched alkanes of at least 4 members (excludes halogenated alkanes) is 20. The number of phosphoric ester groups is 1. The second-order valence-corrected chi connectivity index (χ2v) is 16.6. The zero-order chi connectivity index (χ0) is 40.4. The van der Waals surface area contributed by atoms with Gasteiger partial charge in [0.05, 0.1) is 12.7 Å². The highest BCUT2D eigenvalue weighted by molar-refractivity contribution is 7.46. The SMILES string of the molecule is CCCCCCCCCCCCCCCCCCCCC(=O)OC[C@H](COP(=O)(O)O)OC(=O)CCC/C=C\C[C@H]1C=CC(=O)[C@@H]1/C=C/[C@@H](O)CCCCC. The maximum Gasteiger partial charge on any atom is 0.469 e. The Labute approximate surface area is 333 Å². The number of allylic oxidation sites excluding steroid dienone is 5. The second kappa shape index (κ2) is 34.0. The molecule has 0 aromatic carbocycles. The number of ether oxygens (including phenoxy) is 2. The highest BCUT2D eigenvalue weighted by atomic mass is 31.2. The van der Waals surface area contributed by atoms with Gasteiger partial charge < -0.3 is 24.4 Å². The van der Waals surface area contributed by atoms with Crippen LogP contribution in [0.1, 0.15) is 187 Å². The fourth-order valence-corrected chi connectivity index (χ4v) is 7.14. The van der Waals surface area contributed by atoms with Gasteiger partial charge in [0.2, 0.25) is 0 Å². The van der Waals surface area contributed by atoms with Gasteiger partial charge in [0.1, 0.15) is 6.61 Å². The molecule has 0 saturated heterocycles. The van der Waals surface area contributed by atoms with Crippen LogP contribution in [-0.2, 0) is 32.9 Å². The number of esters is 2. The Kier molecular flexibility index (Phi) is 31.5. The van der Waals surface area contributed by atoms with Crippen molar-refractivity contribution in [3.05, 3.63) is 36.5 Å². The van der Waals surface area contributed by atoms with E-state index in [9.17, 15) is 24.1 Å². The van der Waals surface area contributed by atoms with Crippen molar-refractivity contribution in [3.8, 4) is 0 Å². The Morgan fingerprint density at radius 3 is 1.82 bits per heavy atom. The fourth-order valence-electron chi connectivity index (χ4n) is 6.78. The maximum atomic E-state index is 12.5. The van der Waals surface area contributed by atoms with Crippen LogP contribution in [0.4, 0.5) is 0 Å². The van der Waals surface area contributed by atoms with Crippen LogP contribution < -0.4 is 0 Å². The summed E-state index contributed by atoms with van der Waals surface area (Å²) in [5, 5.41) is 10.2. The quantitative estimate of drug-likeness (QED) is 0.0239. The molecule has 0 amide bonds. The van der Waals surface area contributed by atoms with Crippen LogP contribution in [-0.4, -0.2) is 58.0 Å². The minimum Gasteiger partial charge on any atom is -0.462 e. The first kappa shape index (κ1) is 50.9. The van der Waals surface area contributed by atoms with Crippen molar-refractivity contribution < 1.29 is 47.8 Å². The molecular weight excluding hydrogens is 719 g/mol. The summed E-state index contributed by atoms with van der Waals surface area (Å²) in [6, 6.07) is 0. The Balaban J connectivity index is 2.21. The molecule has 1 rings (SSSR count). The summed E-state index contributed by atoms with van der Waals surface area (Å²) in [4.78, 5) is 55.4. The van der Waals surface area contributed by atoms with E-state index in [1.54, 1.807) is 12.2 Å². The highest BCUT2D eigenvalue weighted by Crippen LogP contribution is 2.36. The van der Waals surface area contributed by atoms with Crippen LogP contribution in [0, 0.1) is 11.8 Å². The summed E-state index contributed by atoms with van der Waals surface area (Å²) in [6.45, 7) is 3.44. The molecule has 0 bridgehead atoms. The Morgan fingerprint density at radius 2 is 1.25 bits per heavy atom. The zero-order valence-electron chi connectivity index (χ0n) is 34.4. The third-order valence-corrected chi connectivity index (χ3v) is 10.6. The number of aliphatic hydroxyl groups is 1. The molecule has 3 N–H and O–H groups in total. The first-order valence-corrected chi connectivity index (χ1v) is 23.4. The molecule has 0 aromatic heterocycles. The van der Waals surface area contributed by atoms with Crippen molar-refractivity contribution in [1.29, 1.82) is 0 Å². The lowest BCUT2D eigenvalue weighted by Gasteiger charge is -2.18. The molecule has 0 unspecified atom stereocenters. The number of hydrogen-bond donors (Lipinski definition) is 3. The first-order chi connectivity index (χ1) is 26.6. The predicted molar refractivity (Wildman–Crippen MR) is 220 cm³/mol. The molecule has 55 heavy (non-hydrogen) atoms. The van der Waals surface area contributed by atoms with Crippen molar-refractivity contribution in [3.63, 3.8) is 0 Å². The van der Waals surface area contributed by atoms with Crippen LogP contribution in [0.2, 0.25) is 0 Å². The monoisotopic (exact) mass is 797 g/mol. The fraction of sp³-hybridized carbons (Fsp3) is 0.795. The predicted octanol–water partition coefficient (Wildman–Crippen LogP) is 11.0. The first-order valence-electron chi connectivity index (χ1n) is 21.8. The van der Waals surface area contributed by atoms with Gasteiger partial charge in [0.25, 0.3) is 0 Å². The Hall–Kier alpha value is -2.10. The number of ketones is 1. The van der Waals surface area contributed by atoms with E-state index < -0.39 is 38.6 Å². The molecule has 0 heterocycles. The van der Waals surface area contributed by atoms with E-state index in [1.807, 2.05) is 24.3 Å². The van der Waals surface area contributed by atoms with Gasteiger partial charge in [-0.25, -0.2) is 4.57 Å². The largest absolute Gasteiger partial charge is 0.469 e. The summed E-state index contributed by atoms with van der Waals surface area (Å²) in [5.41, 5.74) is 0. The molecule has 0 aromatic rings.